The summed E-state index contributed by atoms with van der Waals surface area (Å²) in [7, 11) is -2.02. The van der Waals surface area contributed by atoms with Gasteiger partial charge in [0.2, 0.25) is 0 Å². The van der Waals surface area contributed by atoms with Crippen molar-refractivity contribution in [3.8, 4) is 5.75 Å². The Labute approximate surface area is 105 Å². The summed E-state index contributed by atoms with van der Waals surface area (Å²) in [6, 6.07) is 7.22. The van der Waals surface area contributed by atoms with Gasteiger partial charge >= 0.3 is 0 Å². The van der Waals surface area contributed by atoms with E-state index in [-0.39, 0.29) is 11.6 Å². The first-order valence-corrected chi connectivity index (χ1v) is 6.72. The molecule has 0 aliphatic carbocycles. The average Bonchev–Trinajstić information content (AvgIpc) is 2.91. The molecule has 96 valence electrons. The number of ether oxygens (including phenoxy) is 1. The van der Waals surface area contributed by atoms with Gasteiger partial charge in [0.1, 0.15) is 5.75 Å². The van der Waals surface area contributed by atoms with E-state index in [0.717, 1.165) is 5.56 Å². The van der Waals surface area contributed by atoms with E-state index in [1.807, 2.05) is 12.1 Å². The highest BCUT2D eigenvalue weighted by Gasteiger charge is 2.15. The van der Waals surface area contributed by atoms with Crippen molar-refractivity contribution in [3.05, 3.63) is 42.4 Å². The number of rotatable bonds is 5. The minimum Gasteiger partial charge on any atom is -0.496 e. The molecule has 0 spiro atoms. The fourth-order valence-electron chi connectivity index (χ4n) is 1.49. The minimum atomic E-state index is -3.56. The molecule has 7 heteroatoms. The smallest absolute Gasteiger partial charge is 0.257 e. The molecule has 1 heterocycles. The number of aromatic amines is 1. The lowest BCUT2D eigenvalue weighted by Gasteiger charge is -2.09. The number of H-pyrrole nitrogens is 1. The zero-order chi connectivity index (χ0) is 13.0. The highest BCUT2D eigenvalue weighted by molar-refractivity contribution is 7.89. The van der Waals surface area contributed by atoms with Crippen LogP contribution in [0.1, 0.15) is 5.56 Å². The summed E-state index contributed by atoms with van der Waals surface area (Å²) in [4.78, 5) is 6.23. The van der Waals surface area contributed by atoms with Gasteiger partial charge in [-0.15, -0.1) is 0 Å². The normalized spacial score (nSPS) is 11.4. The Morgan fingerprint density at radius 3 is 2.83 bits per heavy atom. The van der Waals surface area contributed by atoms with Gasteiger partial charge in [-0.1, -0.05) is 18.2 Å². The Hall–Kier alpha value is -1.86. The van der Waals surface area contributed by atoms with Crippen LogP contribution >= 0.6 is 0 Å². The third kappa shape index (κ3) is 2.69. The minimum absolute atomic E-state index is 0.0393. The van der Waals surface area contributed by atoms with Crippen LogP contribution in [-0.2, 0) is 16.6 Å². The largest absolute Gasteiger partial charge is 0.496 e. The number of hydrogen-bond acceptors (Lipinski definition) is 4. The molecule has 2 rings (SSSR count). The second kappa shape index (κ2) is 5.19. The van der Waals surface area contributed by atoms with Crippen LogP contribution in [0.4, 0.5) is 0 Å². The number of nitrogens with one attached hydrogen (secondary N) is 2. The Kier molecular flexibility index (Phi) is 3.63. The third-order valence-corrected chi connectivity index (χ3v) is 3.73. The molecule has 0 bridgehead atoms. The Morgan fingerprint density at radius 2 is 2.17 bits per heavy atom. The maximum atomic E-state index is 11.8. The molecule has 0 atom stereocenters. The predicted octanol–water partition coefficient (Wildman–Crippen LogP) is 0.897. The molecule has 2 aromatic rings. The van der Waals surface area contributed by atoms with Crippen LogP contribution in [0.2, 0.25) is 0 Å². The zero-order valence-corrected chi connectivity index (χ0v) is 10.6. The lowest BCUT2D eigenvalue weighted by atomic mass is 10.2. The molecule has 0 aliphatic heterocycles. The number of para-hydroxylation sites is 1. The topological polar surface area (TPSA) is 84.1 Å². The maximum absolute atomic E-state index is 11.8. The van der Waals surface area contributed by atoms with Gasteiger partial charge in [-0.3, -0.25) is 0 Å². The molecule has 0 aliphatic rings. The van der Waals surface area contributed by atoms with Crippen LogP contribution in [0.15, 0.2) is 41.8 Å². The summed E-state index contributed by atoms with van der Waals surface area (Å²) in [5.41, 5.74) is 0.767. The molecule has 0 radical (unpaired) electrons. The van der Waals surface area contributed by atoms with Gasteiger partial charge in [-0.05, 0) is 6.07 Å². The summed E-state index contributed by atoms with van der Waals surface area (Å²) in [5.74, 6) is 0.643. The molecular formula is C11H13N3O3S. The Bertz CT molecular complexity index is 608. The first-order valence-electron chi connectivity index (χ1n) is 5.23. The van der Waals surface area contributed by atoms with Crippen LogP contribution in [-0.4, -0.2) is 25.5 Å². The molecule has 0 saturated heterocycles. The standard InChI is InChI=1S/C11H13N3O3S/c1-17-10-5-3-2-4-9(10)6-14-18(15,16)11-7-12-8-13-11/h2-5,7-8,14H,6H2,1H3,(H,12,13). The van der Waals surface area contributed by atoms with Crippen LogP contribution in [0, 0.1) is 0 Å². The molecular weight excluding hydrogens is 254 g/mol. The van der Waals surface area contributed by atoms with E-state index in [1.165, 1.54) is 12.5 Å². The molecule has 0 unspecified atom stereocenters. The summed E-state index contributed by atoms with van der Waals surface area (Å²) in [5, 5.41) is 0.0393. The molecule has 0 amide bonds. The summed E-state index contributed by atoms with van der Waals surface area (Å²) in [6.07, 6.45) is 2.57. The van der Waals surface area contributed by atoms with Gasteiger partial charge in [0, 0.05) is 12.1 Å². The number of benzene rings is 1. The fraction of sp³-hybridized carbons (Fsp3) is 0.182. The first-order chi connectivity index (χ1) is 8.63. The first kappa shape index (κ1) is 12.6. The van der Waals surface area contributed by atoms with Gasteiger partial charge in [0.05, 0.1) is 19.6 Å². The quantitative estimate of drug-likeness (QED) is 0.843. The maximum Gasteiger partial charge on any atom is 0.257 e. The van der Waals surface area contributed by atoms with Crippen molar-refractivity contribution in [1.82, 2.24) is 14.7 Å². The molecule has 0 fully saturated rings. The highest BCUT2D eigenvalue weighted by Crippen LogP contribution is 2.17. The van der Waals surface area contributed by atoms with Crippen LogP contribution in [0.5, 0.6) is 5.75 Å². The van der Waals surface area contributed by atoms with E-state index in [4.69, 9.17) is 4.74 Å². The van der Waals surface area contributed by atoms with Crippen LogP contribution < -0.4 is 9.46 Å². The Balaban J connectivity index is 2.13. The van der Waals surface area contributed by atoms with Gasteiger partial charge in [-0.2, -0.15) is 0 Å². The summed E-state index contributed by atoms with van der Waals surface area (Å²) in [6.45, 7) is 0.158. The molecule has 0 saturated carbocycles. The number of imidazole rings is 1. The van der Waals surface area contributed by atoms with Crippen LogP contribution in [0.25, 0.3) is 0 Å². The predicted molar refractivity (Wildman–Crippen MR) is 65.6 cm³/mol. The lowest BCUT2D eigenvalue weighted by Crippen LogP contribution is -2.23. The van der Waals surface area contributed by atoms with Crippen molar-refractivity contribution in [2.75, 3.05) is 7.11 Å². The second-order valence-electron chi connectivity index (χ2n) is 3.55. The SMILES string of the molecule is COc1ccccc1CNS(=O)(=O)c1cnc[nH]1. The van der Waals surface area contributed by atoms with Crippen molar-refractivity contribution in [2.45, 2.75) is 11.6 Å². The van der Waals surface area contributed by atoms with E-state index in [1.54, 1.807) is 19.2 Å². The number of methoxy groups -OCH3 is 1. The number of nitrogens with zero attached hydrogens (tertiary/aromatic N) is 1. The molecule has 6 nitrogen and oxygen atoms in total. The molecule has 1 aromatic heterocycles. The van der Waals surface area contributed by atoms with E-state index < -0.39 is 10.0 Å². The van der Waals surface area contributed by atoms with E-state index in [2.05, 4.69) is 14.7 Å². The van der Waals surface area contributed by atoms with Crippen molar-refractivity contribution < 1.29 is 13.2 Å². The van der Waals surface area contributed by atoms with Gasteiger partial charge in [0.15, 0.2) is 5.03 Å². The van der Waals surface area contributed by atoms with Gasteiger partial charge < -0.3 is 9.72 Å². The third-order valence-electron chi connectivity index (χ3n) is 2.41. The van der Waals surface area contributed by atoms with Crippen LogP contribution in [0.3, 0.4) is 0 Å². The average molecular weight is 267 g/mol. The van der Waals surface area contributed by atoms with E-state index >= 15 is 0 Å². The fourth-order valence-corrected chi connectivity index (χ4v) is 2.40. The number of aromatic nitrogens is 2. The monoisotopic (exact) mass is 267 g/mol. The highest BCUT2D eigenvalue weighted by atomic mass is 32.2. The van der Waals surface area contributed by atoms with Crippen molar-refractivity contribution in [1.29, 1.82) is 0 Å². The zero-order valence-electron chi connectivity index (χ0n) is 9.75. The lowest BCUT2D eigenvalue weighted by molar-refractivity contribution is 0.409. The van der Waals surface area contributed by atoms with Crippen molar-refractivity contribution in [3.63, 3.8) is 0 Å². The second-order valence-corrected chi connectivity index (χ2v) is 5.29. The number of sulfonamides is 1. The van der Waals surface area contributed by atoms with Gasteiger partial charge in [0.25, 0.3) is 10.0 Å². The van der Waals surface area contributed by atoms with Crippen molar-refractivity contribution >= 4 is 10.0 Å². The van der Waals surface area contributed by atoms with E-state index in [9.17, 15) is 8.42 Å². The van der Waals surface area contributed by atoms with Gasteiger partial charge in [-0.25, -0.2) is 18.1 Å². The Morgan fingerprint density at radius 1 is 1.39 bits per heavy atom. The van der Waals surface area contributed by atoms with E-state index in [0.29, 0.717) is 5.75 Å². The summed E-state index contributed by atoms with van der Waals surface area (Å²) < 4.78 is 31.3. The number of hydrogen-bond donors (Lipinski definition) is 2. The molecule has 2 N–H and O–H groups in total. The summed E-state index contributed by atoms with van der Waals surface area (Å²) >= 11 is 0. The molecule has 1 aromatic carbocycles. The van der Waals surface area contributed by atoms with Crippen molar-refractivity contribution in [2.24, 2.45) is 0 Å². The molecule has 18 heavy (non-hydrogen) atoms.